The molecule has 0 fully saturated rings. The lowest BCUT2D eigenvalue weighted by atomic mass is 9.74. The van der Waals surface area contributed by atoms with Gasteiger partial charge in [-0.15, -0.1) is 0 Å². The number of para-hydroxylation sites is 1. The van der Waals surface area contributed by atoms with Gasteiger partial charge in [0.15, 0.2) is 0 Å². The second-order valence-corrected chi connectivity index (χ2v) is 5.95. The number of hydrogen-bond donors (Lipinski definition) is 3. The van der Waals surface area contributed by atoms with E-state index in [4.69, 9.17) is 0 Å². The highest BCUT2D eigenvalue weighted by Gasteiger charge is 2.44. The SMILES string of the molecule is Cc1ccccc1NC(=O)NC(C)(C)C(C)(C)C(=O)O. The van der Waals surface area contributed by atoms with Crippen LogP contribution in [0.5, 0.6) is 0 Å². The molecule has 0 unspecified atom stereocenters. The molecular formula is C15H22N2O3. The quantitative estimate of drug-likeness (QED) is 0.792. The smallest absolute Gasteiger partial charge is 0.319 e. The minimum absolute atomic E-state index is 0.418. The van der Waals surface area contributed by atoms with Gasteiger partial charge in [0.25, 0.3) is 0 Å². The van der Waals surface area contributed by atoms with Gasteiger partial charge in [-0.25, -0.2) is 4.79 Å². The van der Waals surface area contributed by atoms with Gasteiger partial charge in [0.1, 0.15) is 0 Å². The summed E-state index contributed by atoms with van der Waals surface area (Å²) >= 11 is 0. The predicted octanol–water partition coefficient (Wildman–Crippen LogP) is 3.01. The average molecular weight is 278 g/mol. The minimum atomic E-state index is -1.09. The van der Waals surface area contributed by atoms with Crippen LogP contribution >= 0.6 is 0 Å². The zero-order valence-corrected chi connectivity index (χ0v) is 12.6. The van der Waals surface area contributed by atoms with Crippen LogP contribution in [0.3, 0.4) is 0 Å². The van der Waals surface area contributed by atoms with Crippen molar-refractivity contribution in [3.63, 3.8) is 0 Å². The maximum atomic E-state index is 12.0. The van der Waals surface area contributed by atoms with E-state index in [1.54, 1.807) is 33.8 Å². The van der Waals surface area contributed by atoms with E-state index in [-0.39, 0.29) is 0 Å². The van der Waals surface area contributed by atoms with Gasteiger partial charge in [-0.05, 0) is 46.2 Å². The van der Waals surface area contributed by atoms with Crippen LogP contribution in [0.2, 0.25) is 0 Å². The maximum absolute atomic E-state index is 12.0. The molecule has 1 rings (SSSR count). The summed E-state index contributed by atoms with van der Waals surface area (Å²) in [6, 6.07) is 6.98. The summed E-state index contributed by atoms with van der Waals surface area (Å²) in [6.45, 7) is 8.45. The number of anilines is 1. The van der Waals surface area contributed by atoms with Crippen LogP contribution in [0.25, 0.3) is 0 Å². The number of nitrogens with one attached hydrogen (secondary N) is 2. The number of benzene rings is 1. The Hall–Kier alpha value is -2.04. The lowest BCUT2D eigenvalue weighted by Crippen LogP contribution is -2.57. The molecule has 0 saturated heterocycles. The third-order valence-corrected chi connectivity index (χ3v) is 3.92. The number of carboxylic acid groups (broad SMARTS) is 1. The van der Waals surface area contributed by atoms with Gasteiger partial charge in [-0.3, -0.25) is 4.79 Å². The molecule has 0 radical (unpaired) electrons. The van der Waals surface area contributed by atoms with Gasteiger partial charge in [-0.2, -0.15) is 0 Å². The summed E-state index contributed by atoms with van der Waals surface area (Å²) < 4.78 is 0. The van der Waals surface area contributed by atoms with E-state index >= 15 is 0 Å². The van der Waals surface area contributed by atoms with Crippen LogP contribution in [-0.4, -0.2) is 22.6 Å². The molecule has 3 N–H and O–H groups in total. The van der Waals surface area contributed by atoms with Crippen molar-refractivity contribution in [1.82, 2.24) is 5.32 Å². The molecule has 0 aliphatic carbocycles. The Morgan fingerprint density at radius 1 is 1.10 bits per heavy atom. The Morgan fingerprint density at radius 3 is 2.15 bits per heavy atom. The molecule has 0 heterocycles. The van der Waals surface area contributed by atoms with E-state index in [9.17, 15) is 14.7 Å². The van der Waals surface area contributed by atoms with Gasteiger partial charge in [-0.1, -0.05) is 18.2 Å². The topological polar surface area (TPSA) is 78.4 Å². The third-order valence-electron chi connectivity index (χ3n) is 3.92. The van der Waals surface area contributed by atoms with E-state index in [1.165, 1.54) is 0 Å². The van der Waals surface area contributed by atoms with Gasteiger partial charge in [0.05, 0.1) is 11.0 Å². The predicted molar refractivity (Wildman–Crippen MR) is 78.8 cm³/mol. The van der Waals surface area contributed by atoms with Crippen molar-refractivity contribution in [3.8, 4) is 0 Å². The average Bonchev–Trinajstić information content (AvgIpc) is 2.31. The molecule has 20 heavy (non-hydrogen) atoms. The molecule has 0 aliphatic heterocycles. The van der Waals surface area contributed by atoms with Crippen LogP contribution in [0.4, 0.5) is 10.5 Å². The summed E-state index contributed by atoms with van der Waals surface area (Å²) in [7, 11) is 0. The highest BCUT2D eigenvalue weighted by atomic mass is 16.4. The van der Waals surface area contributed by atoms with E-state index < -0.39 is 23.0 Å². The van der Waals surface area contributed by atoms with Crippen molar-refractivity contribution in [2.75, 3.05) is 5.32 Å². The van der Waals surface area contributed by atoms with Crippen LogP contribution in [0.1, 0.15) is 33.3 Å². The largest absolute Gasteiger partial charge is 0.481 e. The van der Waals surface area contributed by atoms with Crippen molar-refractivity contribution >= 4 is 17.7 Å². The second kappa shape index (κ2) is 5.53. The highest BCUT2D eigenvalue weighted by Crippen LogP contribution is 2.30. The number of rotatable bonds is 4. The molecule has 5 nitrogen and oxygen atoms in total. The fraction of sp³-hybridized carbons (Fsp3) is 0.467. The molecule has 110 valence electrons. The monoisotopic (exact) mass is 278 g/mol. The number of urea groups is 1. The Bertz CT molecular complexity index is 522. The molecule has 0 bridgehead atoms. The number of aryl methyl sites for hydroxylation is 1. The first-order valence-corrected chi connectivity index (χ1v) is 6.46. The standard InChI is InChI=1S/C15H22N2O3/c1-10-8-6-7-9-11(10)16-13(20)17-15(4,5)14(2,3)12(18)19/h6-9H,1-5H3,(H,18,19)(H2,16,17,20). The molecule has 5 heteroatoms. The highest BCUT2D eigenvalue weighted by molar-refractivity contribution is 5.91. The molecule has 0 atom stereocenters. The fourth-order valence-corrected chi connectivity index (χ4v) is 1.57. The number of hydrogen-bond acceptors (Lipinski definition) is 2. The normalized spacial score (nSPS) is 11.8. The lowest BCUT2D eigenvalue weighted by Gasteiger charge is -2.38. The molecule has 0 aromatic heterocycles. The second-order valence-electron chi connectivity index (χ2n) is 5.95. The molecule has 0 spiro atoms. The maximum Gasteiger partial charge on any atom is 0.319 e. The molecule has 0 aliphatic rings. The third kappa shape index (κ3) is 3.29. The summed E-state index contributed by atoms with van der Waals surface area (Å²) in [6.07, 6.45) is 0. The Labute approximate surface area is 119 Å². The number of carbonyl (C=O) groups is 2. The summed E-state index contributed by atoms with van der Waals surface area (Å²) in [5.74, 6) is -0.960. The lowest BCUT2D eigenvalue weighted by molar-refractivity contribution is -0.150. The first-order chi connectivity index (χ1) is 9.08. The van der Waals surface area contributed by atoms with E-state index in [1.807, 2.05) is 25.1 Å². The first kappa shape index (κ1) is 16.0. The molecule has 2 amide bonds. The zero-order chi connectivity index (χ0) is 15.6. The van der Waals surface area contributed by atoms with Gasteiger partial charge in [0, 0.05) is 5.69 Å². The van der Waals surface area contributed by atoms with Crippen LogP contribution < -0.4 is 10.6 Å². The van der Waals surface area contributed by atoms with Crippen molar-refractivity contribution in [1.29, 1.82) is 0 Å². The number of carboxylic acids is 1. The number of aliphatic carboxylic acids is 1. The summed E-state index contributed by atoms with van der Waals surface area (Å²) in [4.78, 5) is 23.3. The molecule has 0 saturated carbocycles. The summed E-state index contributed by atoms with van der Waals surface area (Å²) in [5, 5.41) is 14.7. The molecule has 1 aromatic rings. The van der Waals surface area contributed by atoms with E-state index in [0.717, 1.165) is 5.56 Å². The van der Waals surface area contributed by atoms with Crippen molar-refractivity contribution in [2.45, 2.75) is 40.2 Å². The van der Waals surface area contributed by atoms with Crippen molar-refractivity contribution < 1.29 is 14.7 Å². The Kier molecular flexibility index (Phi) is 4.43. The number of amides is 2. The van der Waals surface area contributed by atoms with Gasteiger partial charge < -0.3 is 15.7 Å². The number of carbonyl (C=O) groups excluding carboxylic acids is 1. The summed E-state index contributed by atoms with van der Waals surface area (Å²) in [5.41, 5.74) is -0.339. The molecular weight excluding hydrogens is 256 g/mol. The Morgan fingerprint density at radius 2 is 1.65 bits per heavy atom. The molecule has 1 aromatic carbocycles. The van der Waals surface area contributed by atoms with Crippen LogP contribution in [-0.2, 0) is 4.79 Å². The van der Waals surface area contributed by atoms with Gasteiger partial charge >= 0.3 is 12.0 Å². The van der Waals surface area contributed by atoms with Crippen LogP contribution in [0, 0.1) is 12.3 Å². The van der Waals surface area contributed by atoms with E-state index in [2.05, 4.69) is 10.6 Å². The van der Waals surface area contributed by atoms with E-state index in [0.29, 0.717) is 5.69 Å². The van der Waals surface area contributed by atoms with Crippen molar-refractivity contribution in [2.24, 2.45) is 5.41 Å². The zero-order valence-electron chi connectivity index (χ0n) is 12.6. The minimum Gasteiger partial charge on any atom is -0.481 e. The van der Waals surface area contributed by atoms with Gasteiger partial charge in [0.2, 0.25) is 0 Å². The fourth-order valence-electron chi connectivity index (χ4n) is 1.57. The Balaban J connectivity index is 2.81. The van der Waals surface area contributed by atoms with Crippen LogP contribution in [0.15, 0.2) is 24.3 Å². The first-order valence-electron chi connectivity index (χ1n) is 6.46. The van der Waals surface area contributed by atoms with Crippen molar-refractivity contribution in [3.05, 3.63) is 29.8 Å².